The number of piperidine rings is 1. The number of nitrogens with zero attached hydrogens (tertiary/aromatic N) is 3. The minimum atomic E-state index is -0.535. The highest BCUT2D eigenvalue weighted by Gasteiger charge is 2.44. The lowest BCUT2D eigenvalue weighted by Crippen LogP contribution is -2.51. The molecule has 148 valence electrons. The fraction of sp³-hybridized carbons (Fsp3) is 0.500. The Morgan fingerprint density at radius 2 is 1.89 bits per heavy atom. The third kappa shape index (κ3) is 3.48. The number of aryl methyl sites for hydroxylation is 1. The number of carbonyl (C=O) groups is 1. The molecule has 2 atom stereocenters. The second-order valence-corrected chi connectivity index (χ2v) is 8.68. The molecule has 1 saturated heterocycles. The molecular formula is C22H26FN3O2. The van der Waals surface area contributed by atoms with Crippen molar-refractivity contribution in [1.29, 1.82) is 0 Å². The number of aromatic nitrogens is 2. The van der Waals surface area contributed by atoms with Crippen molar-refractivity contribution in [3.05, 3.63) is 47.2 Å². The maximum atomic E-state index is 13.4. The maximum absolute atomic E-state index is 13.4. The van der Waals surface area contributed by atoms with Crippen molar-refractivity contribution in [3.8, 4) is 11.3 Å². The summed E-state index contributed by atoms with van der Waals surface area (Å²) < 4.78 is 19.1. The van der Waals surface area contributed by atoms with Gasteiger partial charge in [-0.15, -0.1) is 0 Å². The zero-order valence-corrected chi connectivity index (χ0v) is 16.8. The fourth-order valence-corrected chi connectivity index (χ4v) is 4.32. The summed E-state index contributed by atoms with van der Waals surface area (Å²) in [4.78, 5) is 24.2. The van der Waals surface area contributed by atoms with Gasteiger partial charge in [0.1, 0.15) is 17.2 Å². The van der Waals surface area contributed by atoms with Gasteiger partial charge in [0.2, 0.25) is 0 Å². The molecule has 2 aliphatic heterocycles. The molecule has 4 rings (SSSR count). The first-order valence-corrected chi connectivity index (χ1v) is 9.87. The molecule has 0 saturated carbocycles. The van der Waals surface area contributed by atoms with Gasteiger partial charge < -0.3 is 4.74 Å². The summed E-state index contributed by atoms with van der Waals surface area (Å²) in [6, 6.07) is 6.40. The lowest BCUT2D eigenvalue weighted by Gasteiger charge is -2.46. The van der Waals surface area contributed by atoms with Gasteiger partial charge in [0.15, 0.2) is 0 Å². The van der Waals surface area contributed by atoms with E-state index in [4.69, 9.17) is 9.72 Å². The van der Waals surface area contributed by atoms with Crippen LogP contribution in [-0.4, -0.2) is 32.6 Å². The van der Waals surface area contributed by atoms with Crippen molar-refractivity contribution in [2.24, 2.45) is 0 Å². The quantitative estimate of drug-likeness (QED) is 0.697. The van der Waals surface area contributed by atoms with E-state index < -0.39 is 5.60 Å². The molecule has 0 aliphatic carbocycles. The molecule has 1 fully saturated rings. The van der Waals surface area contributed by atoms with Crippen LogP contribution < -0.4 is 0 Å². The molecule has 5 nitrogen and oxygen atoms in total. The lowest BCUT2D eigenvalue weighted by atomic mass is 9.81. The van der Waals surface area contributed by atoms with Crippen molar-refractivity contribution in [1.82, 2.24) is 14.9 Å². The molecule has 2 bridgehead atoms. The van der Waals surface area contributed by atoms with Gasteiger partial charge in [0.25, 0.3) is 0 Å². The lowest BCUT2D eigenvalue weighted by molar-refractivity contribution is -0.0105. The first-order valence-electron chi connectivity index (χ1n) is 9.87. The number of fused-ring (bicyclic) bond motifs is 4. The molecule has 3 heterocycles. The molecule has 28 heavy (non-hydrogen) atoms. The Bertz CT molecular complexity index is 905. The van der Waals surface area contributed by atoms with Crippen LogP contribution in [0.1, 0.15) is 63.2 Å². The third-order valence-corrected chi connectivity index (χ3v) is 5.37. The van der Waals surface area contributed by atoms with E-state index in [0.717, 1.165) is 41.8 Å². The van der Waals surface area contributed by atoms with Gasteiger partial charge in [-0.2, -0.15) is 0 Å². The number of hydrogen-bond acceptors (Lipinski definition) is 4. The Kier molecular flexibility index (Phi) is 4.60. The van der Waals surface area contributed by atoms with Gasteiger partial charge >= 0.3 is 6.09 Å². The smallest absolute Gasteiger partial charge is 0.411 e. The Hall–Kier alpha value is -2.50. The van der Waals surface area contributed by atoms with Gasteiger partial charge in [-0.25, -0.2) is 19.2 Å². The van der Waals surface area contributed by atoms with Crippen LogP contribution >= 0.6 is 0 Å². The SMILES string of the molecule is Cc1nc(-c2ccc(F)cc2)c2c(n1)C1CCCC(C2)N1C(=O)OC(C)(C)C. The van der Waals surface area contributed by atoms with Crippen molar-refractivity contribution in [2.45, 2.75) is 71.1 Å². The zero-order valence-electron chi connectivity index (χ0n) is 16.8. The third-order valence-electron chi connectivity index (χ3n) is 5.37. The van der Waals surface area contributed by atoms with E-state index >= 15 is 0 Å². The highest BCUT2D eigenvalue weighted by molar-refractivity contribution is 5.72. The van der Waals surface area contributed by atoms with E-state index in [0.29, 0.717) is 12.2 Å². The molecule has 2 aliphatic rings. The highest BCUT2D eigenvalue weighted by atomic mass is 19.1. The van der Waals surface area contributed by atoms with Crippen LogP contribution in [0.3, 0.4) is 0 Å². The average Bonchev–Trinajstić information content (AvgIpc) is 2.61. The molecule has 2 unspecified atom stereocenters. The molecule has 0 N–H and O–H groups in total. The molecule has 6 heteroatoms. The molecule has 0 spiro atoms. The number of hydrogen-bond donors (Lipinski definition) is 0. The van der Waals surface area contributed by atoms with E-state index in [1.54, 1.807) is 12.1 Å². The van der Waals surface area contributed by atoms with Gasteiger partial charge in [-0.05, 0) is 77.6 Å². The number of carbonyl (C=O) groups excluding carboxylic acids is 1. The van der Waals surface area contributed by atoms with Gasteiger partial charge in [0, 0.05) is 17.2 Å². The van der Waals surface area contributed by atoms with E-state index in [2.05, 4.69) is 4.98 Å². The first-order chi connectivity index (χ1) is 13.2. The second-order valence-electron chi connectivity index (χ2n) is 8.68. The summed E-state index contributed by atoms with van der Waals surface area (Å²) in [6.07, 6.45) is 3.28. The van der Waals surface area contributed by atoms with Crippen LogP contribution in [0.15, 0.2) is 24.3 Å². The van der Waals surface area contributed by atoms with E-state index in [1.165, 1.54) is 12.1 Å². The number of rotatable bonds is 1. The van der Waals surface area contributed by atoms with Crippen LogP contribution in [-0.2, 0) is 11.2 Å². The van der Waals surface area contributed by atoms with E-state index in [9.17, 15) is 9.18 Å². The van der Waals surface area contributed by atoms with E-state index in [-0.39, 0.29) is 24.0 Å². The normalized spacial score (nSPS) is 21.2. The minimum absolute atomic E-state index is 0.0756. The van der Waals surface area contributed by atoms with Crippen LogP contribution in [0.5, 0.6) is 0 Å². The Morgan fingerprint density at radius 3 is 2.57 bits per heavy atom. The zero-order chi connectivity index (χ0) is 20.1. The van der Waals surface area contributed by atoms with Crippen LogP contribution in [0, 0.1) is 12.7 Å². The summed E-state index contributed by atoms with van der Waals surface area (Å²) in [5, 5.41) is 0. The van der Waals surface area contributed by atoms with Gasteiger partial charge in [0.05, 0.1) is 17.4 Å². The maximum Gasteiger partial charge on any atom is 0.411 e. The Labute approximate surface area is 164 Å². The number of halogens is 1. The fourth-order valence-electron chi connectivity index (χ4n) is 4.32. The van der Waals surface area contributed by atoms with Gasteiger partial charge in [-0.3, -0.25) is 4.90 Å². The predicted molar refractivity (Wildman–Crippen MR) is 104 cm³/mol. The molecule has 0 radical (unpaired) electrons. The molecule has 1 aromatic carbocycles. The number of benzene rings is 1. The topological polar surface area (TPSA) is 55.3 Å². The number of ether oxygens (including phenoxy) is 1. The van der Waals surface area contributed by atoms with Crippen molar-refractivity contribution in [3.63, 3.8) is 0 Å². The van der Waals surface area contributed by atoms with Crippen LogP contribution in [0.25, 0.3) is 11.3 Å². The minimum Gasteiger partial charge on any atom is -0.444 e. The molecular weight excluding hydrogens is 357 g/mol. The van der Waals surface area contributed by atoms with Crippen molar-refractivity contribution >= 4 is 6.09 Å². The van der Waals surface area contributed by atoms with Gasteiger partial charge in [-0.1, -0.05) is 0 Å². The highest BCUT2D eigenvalue weighted by Crippen LogP contribution is 2.44. The number of amides is 1. The summed E-state index contributed by atoms with van der Waals surface area (Å²) in [7, 11) is 0. The molecule has 1 aromatic heterocycles. The summed E-state index contributed by atoms with van der Waals surface area (Å²) >= 11 is 0. The second kappa shape index (κ2) is 6.83. The van der Waals surface area contributed by atoms with Crippen molar-refractivity contribution < 1.29 is 13.9 Å². The van der Waals surface area contributed by atoms with Crippen LogP contribution in [0.4, 0.5) is 9.18 Å². The Balaban J connectivity index is 1.78. The monoisotopic (exact) mass is 383 g/mol. The molecule has 2 aromatic rings. The summed E-state index contributed by atoms with van der Waals surface area (Å²) in [5.74, 6) is 0.391. The summed E-state index contributed by atoms with van der Waals surface area (Å²) in [6.45, 7) is 7.52. The average molecular weight is 383 g/mol. The predicted octanol–water partition coefficient (Wildman–Crippen LogP) is 4.98. The van der Waals surface area contributed by atoms with E-state index in [1.807, 2.05) is 32.6 Å². The largest absolute Gasteiger partial charge is 0.444 e. The Morgan fingerprint density at radius 1 is 1.18 bits per heavy atom. The van der Waals surface area contributed by atoms with Crippen molar-refractivity contribution in [2.75, 3.05) is 0 Å². The molecule has 1 amide bonds. The standard InChI is InChI=1S/C22H26FN3O2/c1-13-24-19(14-8-10-15(23)11-9-14)17-12-16-6-5-7-18(20(17)25-13)26(16)21(27)28-22(2,3)4/h8-11,16,18H,5-7,12H2,1-4H3. The first kappa shape index (κ1) is 18.8. The summed E-state index contributed by atoms with van der Waals surface area (Å²) in [5.41, 5.74) is 3.18. The van der Waals surface area contributed by atoms with Crippen LogP contribution in [0.2, 0.25) is 0 Å².